The number of methoxy groups -OCH3 is 2. The first-order chi connectivity index (χ1) is 34.6. The van der Waals surface area contributed by atoms with E-state index in [9.17, 15) is 41.9 Å². The summed E-state index contributed by atoms with van der Waals surface area (Å²) >= 11 is 0. The molecule has 22 heteroatoms. The molecule has 5 atom stereocenters. The summed E-state index contributed by atoms with van der Waals surface area (Å²) in [5.74, 6) is -1.36. The molecule has 19 nitrogen and oxygen atoms in total. The Bertz CT molecular complexity index is 2660. The number of rotatable bonds is 14. The molecule has 7 rings (SSSR count). The van der Waals surface area contributed by atoms with Crippen molar-refractivity contribution in [1.82, 2.24) is 40.3 Å². The monoisotopic (exact) mass is 1020 g/mol. The van der Waals surface area contributed by atoms with E-state index in [1.807, 2.05) is 39.5 Å². The van der Waals surface area contributed by atoms with Gasteiger partial charge in [-0.15, -0.1) is 13.2 Å². The Labute approximate surface area is 421 Å². The summed E-state index contributed by atoms with van der Waals surface area (Å²) in [4.78, 5) is 98.6. The van der Waals surface area contributed by atoms with Crippen LogP contribution >= 0.6 is 0 Å². The highest BCUT2D eigenvalue weighted by Gasteiger charge is 2.50. The van der Waals surface area contributed by atoms with Crippen molar-refractivity contribution in [1.29, 1.82) is 0 Å². The Morgan fingerprint density at radius 3 is 2.08 bits per heavy atom. The van der Waals surface area contributed by atoms with Crippen molar-refractivity contribution in [3.8, 4) is 28.1 Å². The molecule has 3 fully saturated rings. The number of likely N-dealkylation sites (tertiary alicyclic amines) is 2. The molecule has 6 amide bonds. The van der Waals surface area contributed by atoms with Crippen LogP contribution in [0.15, 0.2) is 67.0 Å². The highest BCUT2D eigenvalue weighted by molar-refractivity contribution is 6.05. The van der Waals surface area contributed by atoms with Crippen molar-refractivity contribution < 1.29 is 56.1 Å². The number of hydrogen-bond donors (Lipinski definition) is 4. The van der Waals surface area contributed by atoms with E-state index in [2.05, 4.69) is 30.7 Å². The van der Waals surface area contributed by atoms with Crippen LogP contribution in [-0.2, 0) is 23.9 Å². The van der Waals surface area contributed by atoms with E-state index in [1.165, 1.54) is 32.5 Å². The number of aromatic amines is 1. The van der Waals surface area contributed by atoms with Gasteiger partial charge in [-0.1, -0.05) is 52.0 Å². The van der Waals surface area contributed by atoms with Crippen LogP contribution in [0, 0.1) is 11.8 Å². The Balaban J connectivity index is 0.986. The number of H-pyrrole nitrogens is 1. The number of alkyl carbamates (subject to hydrolysis) is 2. The standard InChI is InChI=1S/C51H63F3N10O9/c1-29(2)41(59-48(69)71-7)45(66)63-21-9-11-38(63)43-56-27-37(58-43)33-14-12-32(13-15-33)36-18-16-34(25-39(36)73-51(52,53)54)44(65)57-35-17-19-40(55-26-35)62-24-23-61(28-31(62)5)47(68)50(6)20-10-22-64(50)46(67)42(30(3)4)60-49(70)72-8/h12-19,25-27,29-31,38,41-42H,9-11,20-24,28H2,1-8H3,(H,56,58)(H,57,65)(H,59,69)(H,60,70)/t31-,38+,41+,42+,50+/m1/s1. The Morgan fingerprint density at radius 1 is 0.822 bits per heavy atom. The molecule has 392 valence electrons. The third-order valence-electron chi connectivity index (χ3n) is 13.8. The maximum absolute atomic E-state index is 14.2. The third-order valence-corrected chi connectivity index (χ3v) is 13.8. The molecule has 2 aromatic carbocycles. The third kappa shape index (κ3) is 11.9. The Hall–Kier alpha value is -7.39. The summed E-state index contributed by atoms with van der Waals surface area (Å²) in [6, 6.07) is 11.6. The van der Waals surface area contributed by atoms with Crippen molar-refractivity contribution in [3.05, 3.63) is 78.4 Å². The Kier molecular flexibility index (Phi) is 16.2. The van der Waals surface area contributed by atoms with E-state index < -0.39 is 47.8 Å². The number of anilines is 2. The lowest BCUT2D eigenvalue weighted by Gasteiger charge is -2.45. The zero-order valence-electron chi connectivity index (χ0n) is 42.2. The summed E-state index contributed by atoms with van der Waals surface area (Å²) in [5, 5.41) is 7.95. The Morgan fingerprint density at radius 2 is 1.48 bits per heavy atom. The minimum atomic E-state index is -5.07. The quantitative estimate of drug-likeness (QED) is 0.0991. The number of aromatic nitrogens is 3. The fourth-order valence-corrected chi connectivity index (χ4v) is 9.84. The second-order valence-electron chi connectivity index (χ2n) is 19.4. The molecule has 0 bridgehead atoms. The number of carbonyl (C=O) groups is 6. The number of nitrogens with one attached hydrogen (secondary N) is 4. The molecule has 73 heavy (non-hydrogen) atoms. The number of imidazole rings is 1. The predicted molar refractivity (Wildman–Crippen MR) is 263 cm³/mol. The molecule has 0 spiro atoms. The van der Waals surface area contributed by atoms with Gasteiger partial charge in [0.1, 0.15) is 35.0 Å². The minimum Gasteiger partial charge on any atom is -0.453 e. The molecule has 3 aliphatic heterocycles. The zero-order valence-corrected chi connectivity index (χ0v) is 42.2. The van der Waals surface area contributed by atoms with E-state index in [4.69, 9.17) is 14.5 Å². The van der Waals surface area contributed by atoms with Crippen molar-refractivity contribution in [3.63, 3.8) is 0 Å². The molecule has 3 aliphatic rings. The van der Waals surface area contributed by atoms with Crippen LogP contribution in [0.25, 0.3) is 22.4 Å². The van der Waals surface area contributed by atoms with Gasteiger partial charge in [-0.2, -0.15) is 0 Å². The van der Waals surface area contributed by atoms with Crippen LogP contribution in [0.2, 0.25) is 0 Å². The molecule has 0 radical (unpaired) electrons. The molecule has 0 unspecified atom stereocenters. The van der Waals surface area contributed by atoms with Crippen LogP contribution in [0.1, 0.15) is 89.4 Å². The number of halogens is 3. The molecule has 2 aromatic heterocycles. The number of benzene rings is 2. The summed E-state index contributed by atoms with van der Waals surface area (Å²) < 4.78 is 55.4. The van der Waals surface area contributed by atoms with Gasteiger partial charge < -0.3 is 54.7 Å². The predicted octanol–water partition coefficient (Wildman–Crippen LogP) is 7.13. The minimum absolute atomic E-state index is 0.0846. The van der Waals surface area contributed by atoms with Crippen molar-refractivity contribution in [2.45, 2.75) is 103 Å². The van der Waals surface area contributed by atoms with Crippen LogP contribution < -0.4 is 25.6 Å². The van der Waals surface area contributed by atoms with Gasteiger partial charge in [-0.05, 0) is 87.3 Å². The van der Waals surface area contributed by atoms with Gasteiger partial charge in [0.05, 0.1) is 37.8 Å². The van der Waals surface area contributed by atoms with E-state index in [-0.39, 0.29) is 58.5 Å². The van der Waals surface area contributed by atoms with E-state index in [0.717, 1.165) is 12.5 Å². The molecule has 4 N–H and O–H groups in total. The number of alkyl halides is 3. The van der Waals surface area contributed by atoms with Gasteiger partial charge in [0.25, 0.3) is 5.91 Å². The van der Waals surface area contributed by atoms with Crippen molar-refractivity contribution >= 4 is 47.3 Å². The second kappa shape index (κ2) is 22.2. The highest BCUT2D eigenvalue weighted by atomic mass is 19.4. The number of carbonyl (C=O) groups excluding carboxylic acids is 6. The van der Waals surface area contributed by atoms with E-state index >= 15 is 0 Å². The zero-order chi connectivity index (χ0) is 52.9. The average Bonchev–Trinajstić information content (AvgIpc) is 4.15. The van der Waals surface area contributed by atoms with E-state index in [1.54, 1.807) is 64.2 Å². The first-order valence-corrected chi connectivity index (χ1v) is 24.3. The summed E-state index contributed by atoms with van der Waals surface area (Å²) in [6.07, 6.45) is -0.880. The number of piperazine rings is 1. The normalized spacial score (nSPS) is 19.9. The number of hydrogen-bond acceptors (Lipinski definition) is 12. The van der Waals surface area contributed by atoms with Crippen LogP contribution in [-0.4, -0.2) is 142 Å². The molecular formula is C51H63F3N10O9. The van der Waals surface area contributed by atoms with Crippen LogP contribution in [0.3, 0.4) is 0 Å². The lowest BCUT2D eigenvalue weighted by Crippen LogP contribution is -2.64. The molecule has 0 saturated carbocycles. The van der Waals surface area contributed by atoms with Crippen molar-refractivity contribution in [2.24, 2.45) is 11.8 Å². The van der Waals surface area contributed by atoms with Gasteiger partial charge in [-0.25, -0.2) is 19.6 Å². The average molecular weight is 1020 g/mol. The number of amides is 6. The molecule has 5 heterocycles. The molecule has 3 saturated heterocycles. The number of pyridine rings is 1. The van der Waals surface area contributed by atoms with Gasteiger partial charge in [-0.3, -0.25) is 19.2 Å². The fraction of sp³-hybridized carbons (Fsp3) is 0.490. The van der Waals surface area contributed by atoms with Crippen LogP contribution in [0.5, 0.6) is 5.75 Å². The molecular weight excluding hydrogens is 954 g/mol. The van der Waals surface area contributed by atoms with Gasteiger partial charge >= 0.3 is 18.5 Å². The van der Waals surface area contributed by atoms with Gasteiger partial charge in [0.2, 0.25) is 17.7 Å². The first kappa shape index (κ1) is 53.4. The topological polar surface area (TPSA) is 221 Å². The van der Waals surface area contributed by atoms with Crippen LogP contribution in [0.4, 0.5) is 34.3 Å². The summed E-state index contributed by atoms with van der Waals surface area (Å²) in [6.45, 7) is 13.0. The highest BCUT2D eigenvalue weighted by Crippen LogP contribution is 2.38. The lowest BCUT2D eigenvalue weighted by molar-refractivity contribution is -0.274. The summed E-state index contributed by atoms with van der Waals surface area (Å²) in [7, 11) is 2.46. The maximum Gasteiger partial charge on any atom is 0.573 e. The largest absolute Gasteiger partial charge is 0.573 e. The molecule has 4 aromatic rings. The first-order valence-electron chi connectivity index (χ1n) is 24.3. The van der Waals surface area contributed by atoms with Gasteiger partial charge in [0.15, 0.2) is 0 Å². The lowest BCUT2D eigenvalue weighted by atomic mass is 9.93. The van der Waals surface area contributed by atoms with Gasteiger partial charge in [0, 0.05) is 61.7 Å². The number of nitrogens with zero attached hydrogens (tertiary/aromatic N) is 6. The van der Waals surface area contributed by atoms with E-state index in [0.29, 0.717) is 80.4 Å². The summed E-state index contributed by atoms with van der Waals surface area (Å²) in [5.41, 5.74) is 0.753. The fourth-order valence-electron chi connectivity index (χ4n) is 9.84. The SMILES string of the molecule is COC(=O)N[C@H](C(=O)N1CCC[C@H]1c1nc(-c2ccc(-c3ccc(C(=O)Nc4ccc(N5CCN(C(=O)[C@]6(C)CCCN6C(=O)[C@@H](NC(=O)OC)C(C)C)C[C@H]5C)nc4)cc3OC(F)(F)F)cc2)c[nH]1)C(C)C. The number of ether oxygens (including phenoxy) is 3. The smallest absolute Gasteiger partial charge is 0.453 e. The second-order valence-corrected chi connectivity index (χ2v) is 19.4. The maximum atomic E-state index is 14.2. The van der Waals surface area contributed by atoms with Crippen molar-refractivity contribution in [2.75, 3.05) is 57.2 Å². The molecule has 0 aliphatic carbocycles.